The van der Waals surface area contributed by atoms with Crippen LogP contribution in [0.1, 0.15) is 48.1 Å². The maximum absolute atomic E-state index is 12.3. The molecule has 0 unspecified atom stereocenters. The van der Waals surface area contributed by atoms with Crippen molar-refractivity contribution in [3.8, 4) is 0 Å². The highest BCUT2D eigenvalue weighted by Gasteiger charge is 2.24. The molecule has 0 saturated heterocycles. The summed E-state index contributed by atoms with van der Waals surface area (Å²) < 4.78 is 9.08. The molecule has 1 amide bonds. The quantitative estimate of drug-likeness (QED) is 0.778. The minimum atomic E-state index is -0.124. The van der Waals surface area contributed by atoms with Crippen molar-refractivity contribution in [2.24, 2.45) is 0 Å². The van der Waals surface area contributed by atoms with Gasteiger partial charge in [-0.1, -0.05) is 0 Å². The van der Waals surface area contributed by atoms with E-state index in [0.29, 0.717) is 32.5 Å². The van der Waals surface area contributed by atoms with Gasteiger partial charge in [-0.05, 0) is 42.7 Å². The summed E-state index contributed by atoms with van der Waals surface area (Å²) >= 11 is 1.66. The Balaban J connectivity index is 1.24. The number of hydrogen-bond donors (Lipinski definition) is 1. The van der Waals surface area contributed by atoms with Gasteiger partial charge in [0.15, 0.2) is 0 Å². The van der Waals surface area contributed by atoms with Crippen molar-refractivity contribution in [3.63, 3.8) is 0 Å². The molecule has 26 heavy (non-hydrogen) atoms. The third kappa shape index (κ3) is 3.61. The number of hydrogen-bond acceptors (Lipinski definition) is 5. The Kier molecular flexibility index (Phi) is 5.21. The number of nitrogens with one attached hydrogen (secondary N) is 1. The van der Waals surface area contributed by atoms with E-state index in [2.05, 4.69) is 21.9 Å². The third-order valence-corrected chi connectivity index (χ3v) is 6.09. The van der Waals surface area contributed by atoms with Gasteiger partial charge in [-0.2, -0.15) is 5.10 Å². The monoisotopic (exact) mass is 376 g/mol. The molecule has 0 bridgehead atoms. The summed E-state index contributed by atoms with van der Waals surface area (Å²) in [5.41, 5.74) is 1.29. The highest BCUT2D eigenvalue weighted by Crippen LogP contribution is 2.33. The molecule has 0 spiro atoms. The summed E-state index contributed by atoms with van der Waals surface area (Å²) in [6.45, 7) is 2.53. The van der Waals surface area contributed by atoms with Crippen molar-refractivity contribution in [3.05, 3.63) is 38.2 Å². The Hall–Kier alpha value is -1.93. The molecule has 140 valence electrons. The number of carbonyl (C=O) groups excluding carboxylic acids is 1. The van der Waals surface area contributed by atoms with E-state index in [1.807, 2.05) is 0 Å². The average molecular weight is 376 g/mol. The third-order valence-electron chi connectivity index (χ3n) is 5.03. The molecule has 7 nitrogen and oxygen atoms in total. The number of nitrogens with zero attached hydrogens (tertiary/aromatic N) is 3. The summed E-state index contributed by atoms with van der Waals surface area (Å²) in [5, 5.41) is 9.42. The highest BCUT2D eigenvalue weighted by molar-refractivity contribution is 7.10. The second kappa shape index (κ2) is 7.75. The maximum Gasteiger partial charge on any atom is 0.345 e. The normalized spacial score (nSPS) is 19.0. The SMILES string of the molecule is O=C(C[C@@H]1OCCc2ccsc21)NCCCn1nc2n(c1=O)CCCC2. The van der Waals surface area contributed by atoms with Crippen molar-refractivity contribution in [1.29, 1.82) is 0 Å². The van der Waals surface area contributed by atoms with Gasteiger partial charge < -0.3 is 10.1 Å². The molecule has 0 radical (unpaired) electrons. The first kappa shape index (κ1) is 17.5. The lowest BCUT2D eigenvalue weighted by molar-refractivity contribution is -0.124. The Labute approximate surface area is 156 Å². The second-order valence-electron chi connectivity index (χ2n) is 6.86. The van der Waals surface area contributed by atoms with Crippen LogP contribution in [0.25, 0.3) is 0 Å². The number of thiophene rings is 1. The van der Waals surface area contributed by atoms with Crippen LogP contribution < -0.4 is 11.0 Å². The minimum absolute atomic E-state index is 0.00673. The Morgan fingerprint density at radius 1 is 1.38 bits per heavy atom. The molecule has 0 fully saturated rings. The number of ether oxygens (including phenoxy) is 1. The Morgan fingerprint density at radius 3 is 3.19 bits per heavy atom. The predicted molar refractivity (Wildman–Crippen MR) is 98.4 cm³/mol. The molecule has 2 aliphatic rings. The van der Waals surface area contributed by atoms with E-state index in [0.717, 1.165) is 38.1 Å². The number of rotatable bonds is 6. The molecule has 0 aromatic carbocycles. The Bertz CT molecular complexity index is 838. The summed E-state index contributed by atoms with van der Waals surface area (Å²) in [7, 11) is 0. The van der Waals surface area contributed by atoms with E-state index in [-0.39, 0.29) is 17.7 Å². The number of aromatic nitrogens is 3. The molecule has 0 aliphatic carbocycles. The summed E-state index contributed by atoms with van der Waals surface area (Å²) in [6.07, 6.45) is 4.88. The molecule has 2 aromatic rings. The van der Waals surface area contributed by atoms with E-state index in [1.54, 1.807) is 15.9 Å². The van der Waals surface area contributed by atoms with Gasteiger partial charge in [0.05, 0.1) is 13.0 Å². The van der Waals surface area contributed by atoms with Crippen molar-refractivity contribution >= 4 is 17.2 Å². The molecule has 8 heteroatoms. The molecule has 2 aliphatic heterocycles. The standard InChI is InChI=1S/C18H24N4O3S/c23-16(12-14-17-13(5-10-25-14)6-11-26-17)19-7-3-9-22-18(24)21-8-2-1-4-15(21)20-22/h6,11,14H,1-5,7-10,12H2,(H,19,23)/t14-/m0/s1. The zero-order valence-corrected chi connectivity index (χ0v) is 15.6. The largest absolute Gasteiger partial charge is 0.372 e. The average Bonchev–Trinajstić information content (AvgIpc) is 3.25. The fourth-order valence-electron chi connectivity index (χ4n) is 3.67. The van der Waals surface area contributed by atoms with Crippen LogP contribution in [0.15, 0.2) is 16.2 Å². The van der Waals surface area contributed by atoms with Crippen LogP contribution in [0.5, 0.6) is 0 Å². The molecule has 2 aromatic heterocycles. The lowest BCUT2D eigenvalue weighted by Gasteiger charge is -2.22. The van der Waals surface area contributed by atoms with Crippen LogP contribution in [-0.4, -0.2) is 33.4 Å². The van der Waals surface area contributed by atoms with Crippen LogP contribution in [0.2, 0.25) is 0 Å². The summed E-state index contributed by atoms with van der Waals surface area (Å²) in [6, 6.07) is 2.12. The van der Waals surface area contributed by atoms with E-state index < -0.39 is 0 Å². The molecular formula is C18H24N4O3S. The lowest BCUT2D eigenvalue weighted by atomic mass is 10.1. The van der Waals surface area contributed by atoms with Gasteiger partial charge in [-0.15, -0.1) is 11.3 Å². The van der Waals surface area contributed by atoms with Crippen LogP contribution in [0, 0.1) is 0 Å². The zero-order valence-electron chi connectivity index (χ0n) is 14.8. The predicted octanol–water partition coefficient (Wildman–Crippen LogP) is 1.65. The molecule has 4 heterocycles. The van der Waals surface area contributed by atoms with Crippen molar-refractivity contribution in [2.45, 2.75) is 57.7 Å². The van der Waals surface area contributed by atoms with Gasteiger partial charge in [0.2, 0.25) is 5.91 Å². The Morgan fingerprint density at radius 2 is 2.31 bits per heavy atom. The summed E-state index contributed by atoms with van der Waals surface area (Å²) in [4.78, 5) is 25.6. The lowest BCUT2D eigenvalue weighted by Crippen LogP contribution is -2.30. The van der Waals surface area contributed by atoms with Gasteiger partial charge in [-0.25, -0.2) is 9.48 Å². The van der Waals surface area contributed by atoms with Gasteiger partial charge in [0, 0.05) is 30.9 Å². The van der Waals surface area contributed by atoms with Gasteiger partial charge in [0.1, 0.15) is 11.9 Å². The molecule has 1 atom stereocenters. The minimum Gasteiger partial charge on any atom is -0.372 e. The molecular weight excluding hydrogens is 352 g/mol. The van der Waals surface area contributed by atoms with E-state index in [4.69, 9.17) is 4.74 Å². The van der Waals surface area contributed by atoms with E-state index in [1.165, 1.54) is 15.1 Å². The van der Waals surface area contributed by atoms with Crippen LogP contribution in [0.4, 0.5) is 0 Å². The van der Waals surface area contributed by atoms with Gasteiger partial charge in [0.25, 0.3) is 0 Å². The smallest absolute Gasteiger partial charge is 0.345 e. The maximum atomic E-state index is 12.3. The number of fused-ring (bicyclic) bond motifs is 2. The fraction of sp³-hybridized carbons (Fsp3) is 0.611. The summed E-state index contributed by atoms with van der Waals surface area (Å²) in [5.74, 6) is 0.888. The second-order valence-corrected chi connectivity index (χ2v) is 7.81. The number of carbonyl (C=O) groups is 1. The first-order valence-electron chi connectivity index (χ1n) is 9.33. The highest BCUT2D eigenvalue weighted by atomic mass is 32.1. The zero-order chi connectivity index (χ0) is 17.9. The number of amides is 1. The van der Waals surface area contributed by atoms with E-state index in [9.17, 15) is 9.59 Å². The van der Waals surface area contributed by atoms with Crippen molar-refractivity contribution < 1.29 is 9.53 Å². The van der Waals surface area contributed by atoms with Crippen molar-refractivity contribution in [1.82, 2.24) is 19.7 Å². The van der Waals surface area contributed by atoms with Crippen molar-refractivity contribution in [2.75, 3.05) is 13.2 Å². The van der Waals surface area contributed by atoms with Crippen LogP contribution in [0.3, 0.4) is 0 Å². The first-order chi connectivity index (χ1) is 12.7. The number of aryl methyl sites for hydroxylation is 2. The first-order valence-corrected chi connectivity index (χ1v) is 10.2. The van der Waals surface area contributed by atoms with Gasteiger partial charge in [-0.3, -0.25) is 9.36 Å². The van der Waals surface area contributed by atoms with Crippen LogP contribution >= 0.6 is 11.3 Å². The fourth-order valence-corrected chi connectivity index (χ4v) is 4.67. The molecule has 0 saturated carbocycles. The molecule has 4 rings (SSSR count). The van der Waals surface area contributed by atoms with Crippen LogP contribution in [-0.2, 0) is 35.5 Å². The topological polar surface area (TPSA) is 78.2 Å². The molecule has 1 N–H and O–H groups in total. The van der Waals surface area contributed by atoms with Gasteiger partial charge >= 0.3 is 5.69 Å². The van der Waals surface area contributed by atoms with E-state index >= 15 is 0 Å².